The van der Waals surface area contributed by atoms with E-state index in [1.807, 2.05) is 0 Å². The molecule has 0 bridgehead atoms. The van der Waals surface area contributed by atoms with Crippen LogP contribution < -0.4 is 11.1 Å². The molecule has 66 valence electrons. The van der Waals surface area contributed by atoms with Crippen LogP contribution in [0.2, 0.25) is 0 Å². The highest BCUT2D eigenvalue weighted by Gasteiger charge is 2.24. The van der Waals surface area contributed by atoms with Gasteiger partial charge in [-0.05, 0) is 25.8 Å². The molecule has 1 rings (SSSR count). The normalized spacial score (nSPS) is 30.0. The zero-order chi connectivity index (χ0) is 8.10. The average Bonchev–Trinajstić information content (AvgIpc) is 1.94. The van der Waals surface area contributed by atoms with Crippen molar-refractivity contribution in [1.29, 1.82) is 0 Å². The van der Waals surface area contributed by atoms with Crippen molar-refractivity contribution in [2.75, 3.05) is 6.54 Å². The summed E-state index contributed by atoms with van der Waals surface area (Å²) in [5, 5.41) is 3.50. The molecule has 0 aromatic carbocycles. The summed E-state index contributed by atoms with van der Waals surface area (Å²) in [5.41, 5.74) is 5.66. The Bertz CT molecular complexity index is 97.7. The van der Waals surface area contributed by atoms with Gasteiger partial charge < -0.3 is 11.1 Å². The lowest BCUT2D eigenvalue weighted by atomic mass is 9.87. The van der Waals surface area contributed by atoms with Gasteiger partial charge in [-0.2, -0.15) is 0 Å². The van der Waals surface area contributed by atoms with Crippen LogP contribution in [0.25, 0.3) is 0 Å². The first-order valence-electron chi connectivity index (χ1n) is 4.82. The van der Waals surface area contributed by atoms with Crippen molar-refractivity contribution in [3.8, 4) is 0 Å². The minimum absolute atomic E-state index is 0.485. The Morgan fingerprint density at radius 2 is 2.09 bits per heavy atom. The van der Waals surface area contributed by atoms with Crippen LogP contribution in [0.3, 0.4) is 0 Å². The zero-order valence-corrected chi connectivity index (χ0v) is 7.47. The molecular weight excluding hydrogens is 136 g/mol. The maximum Gasteiger partial charge on any atom is 0.00965 e. The van der Waals surface area contributed by atoms with Gasteiger partial charge in [0.25, 0.3) is 0 Å². The predicted molar refractivity (Wildman–Crippen MR) is 48.5 cm³/mol. The first-order chi connectivity index (χ1) is 5.33. The Balaban J connectivity index is 1.81. The summed E-state index contributed by atoms with van der Waals surface area (Å²) >= 11 is 0. The van der Waals surface area contributed by atoms with E-state index in [2.05, 4.69) is 12.2 Å². The third kappa shape index (κ3) is 3.21. The van der Waals surface area contributed by atoms with E-state index in [1.54, 1.807) is 0 Å². The molecule has 11 heavy (non-hydrogen) atoms. The van der Waals surface area contributed by atoms with Gasteiger partial charge in [0.05, 0.1) is 0 Å². The molecular formula is C9H20N2. The van der Waals surface area contributed by atoms with Gasteiger partial charge in [-0.25, -0.2) is 0 Å². The molecule has 0 aromatic rings. The summed E-state index contributed by atoms with van der Waals surface area (Å²) in [6.45, 7) is 3.42. The molecule has 0 aromatic heterocycles. The number of hydrogen-bond acceptors (Lipinski definition) is 2. The first-order valence-corrected chi connectivity index (χ1v) is 4.82. The third-order valence-electron chi connectivity index (χ3n) is 2.39. The number of nitrogens with two attached hydrogens (primary N) is 1. The largest absolute Gasteiger partial charge is 0.328 e. The van der Waals surface area contributed by atoms with Crippen molar-refractivity contribution in [2.24, 2.45) is 5.73 Å². The molecule has 0 spiro atoms. The fourth-order valence-corrected chi connectivity index (χ4v) is 1.51. The number of nitrogens with one attached hydrogen (secondary N) is 1. The fourth-order valence-electron chi connectivity index (χ4n) is 1.51. The van der Waals surface area contributed by atoms with Gasteiger partial charge in [-0.15, -0.1) is 0 Å². The standard InChI is InChI=1S/C9H20N2/c1-2-3-4-5-11-9-6-8(10)7-9/h8-9,11H,2-7,10H2,1H3. The Morgan fingerprint density at radius 3 is 2.64 bits per heavy atom. The maximum atomic E-state index is 5.66. The molecule has 1 aliphatic carbocycles. The van der Waals surface area contributed by atoms with E-state index < -0.39 is 0 Å². The van der Waals surface area contributed by atoms with Gasteiger partial charge in [-0.1, -0.05) is 19.8 Å². The molecule has 2 heteroatoms. The van der Waals surface area contributed by atoms with Gasteiger partial charge >= 0.3 is 0 Å². The van der Waals surface area contributed by atoms with E-state index >= 15 is 0 Å². The minimum Gasteiger partial charge on any atom is -0.328 e. The average molecular weight is 156 g/mol. The Hall–Kier alpha value is -0.0800. The molecule has 0 saturated heterocycles. The molecule has 1 fully saturated rings. The lowest BCUT2D eigenvalue weighted by molar-refractivity contribution is 0.291. The van der Waals surface area contributed by atoms with Crippen LogP contribution in [0, 0.1) is 0 Å². The third-order valence-corrected chi connectivity index (χ3v) is 2.39. The molecule has 0 unspecified atom stereocenters. The number of unbranched alkanes of at least 4 members (excludes halogenated alkanes) is 2. The van der Waals surface area contributed by atoms with Gasteiger partial charge in [-0.3, -0.25) is 0 Å². The van der Waals surface area contributed by atoms with Crippen molar-refractivity contribution >= 4 is 0 Å². The van der Waals surface area contributed by atoms with Gasteiger partial charge in [0.1, 0.15) is 0 Å². The van der Waals surface area contributed by atoms with Gasteiger partial charge in [0, 0.05) is 12.1 Å². The lowest BCUT2D eigenvalue weighted by Crippen LogP contribution is -2.48. The van der Waals surface area contributed by atoms with Crippen molar-refractivity contribution in [2.45, 2.75) is 51.1 Å². The van der Waals surface area contributed by atoms with Crippen LogP contribution >= 0.6 is 0 Å². The van der Waals surface area contributed by atoms with Gasteiger partial charge in [0.2, 0.25) is 0 Å². The SMILES string of the molecule is CCCCCNC1CC(N)C1. The number of hydrogen-bond donors (Lipinski definition) is 2. The summed E-state index contributed by atoms with van der Waals surface area (Å²) in [6.07, 6.45) is 6.36. The molecule has 0 radical (unpaired) electrons. The summed E-state index contributed by atoms with van der Waals surface area (Å²) < 4.78 is 0. The van der Waals surface area contributed by atoms with Crippen LogP contribution in [0.5, 0.6) is 0 Å². The summed E-state index contributed by atoms with van der Waals surface area (Å²) in [7, 11) is 0. The molecule has 0 atom stereocenters. The van der Waals surface area contributed by atoms with Crippen molar-refractivity contribution in [3.63, 3.8) is 0 Å². The smallest absolute Gasteiger partial charge is 0.00965 e. The highest BCUT2D eigenvalue weighted by molar-refractivity contribution is 4.87. The van der Waals surface area contributed by atoms with Crippen LogP contribution in [0.1, 0.15) is 39.0 Å². The molecule has 0 aliphatic heterocycles. The molecule has 1 aliphatic rings. The second-order valence-corrected chi connectivity index (χ2v) is 3.59. The van der Waals surface area contributed by atoms with E-state index in [-0.39, 0.29) is 0 Å². The van der Waals surface area contributed by atoms with Crippen LogP contribution in [-0.2, 0) is 0 Å². The van der Waals surface area contributed by atoms with E-state index in [0.717, 1.165) is 6.04 Å². The predicted octanol–water partition coefficient (Wildman–Crippen LogP) is 1.26. The fraction of sp³-hybridized carbons (Fsp3) is 1.00. The highest BCUT2D eigenvalue weighted by atomic mass is 14.9. The van der Waals surface area contributed by atoms with Crippen molar-refractivity contribution in [1.82, 2.24) is 5.32 Å². The van der Waals surface area contributed by atoms with Crippen LogP contribution in [0.4, 0.5) is 0 Å². The summed E-state index contributed by atoms with van der Waals surface area (Å²) in [5.74, 6) is 0. The van der Waals surface area contributed by atoms with Crippen LogP contribution in [-0.4, -0.2) is 18.6 Å². The molecule has 0 amide bonds. The summed E-state index contributed by atoms with van der Waals surface area (Å²) in [4.78, 5) is 0. The van der Waals surface area contributed by atoms with E-state index in [4.69, 9.17) is 5.73 Å². The second kappa shape index (κ2) is 4.73. The molecule has 1 saturated carbocycles. The Morgan fingerprint density at radius 1 is 1.36 bits per heavy atom. The second-order valence-electron chi connectivity index (χ2n) is 3.59. The number of rotatable bonds is 5. The minimum atomic E-state index is 0.485. The Labute approximate surface area is 69.5 Å². The molecule has 3 N–H and O–H groups in total. The quantitative estimate of drug-likeness (QED) is 0.588. The van der Waals surface area contributed by atoms with Crippen molar-refractivity contribution in [3.05, 3.63) is 0 Å². The lowest BCUT2D eigenvalue weighted by Gasteiger charge is -2.33. The molecule has 2 nitrogen and oxygen atoms in total. The van der Waals surface area contributed by atoms with Crippen LogP contribution in [0.15, 0.2) is 0 Å². The monoisotopic (exact) mass is 156 g/mol. The van der Waals surface area contributed by atoms with E-state index in [9.17, 15) is 0 Å². The summed E-state index contributed by atoms with van der Waals surface area (Å²) in [6, 6.07) is 1.22. The van der Waals surface area contributed by atoms with E-state index in [0.29, 0.717) is 6.04 Å². The zero-order valence-electron chi connectivity index (χ0n) is 7.47. The highest BCUT2D eigenvalue weighted by Crippen LogP contribution is 2.16. The Kier molecular flexibility index (Phi) is 3.87. The molecule has 0 heterocycles. The van der Waals surface area contributed by atoms with Gasteiger partial charge in [0.15, 0.2) is 0 Å². The first kappa shape index (κ1) is 9.01. The maximum absolute atomic E-state index is 5.66. The van der Waals surface area contributed by atoms with Crippen molar-refractivity contribution < 1.29 is 0 Å². The topological polar surface area (TPSA) is 38.0 Å². The van der Waals surface area contributed by atoms with E-state index in [1.165, 1.54) is 38.6 Å².